The van der Waals surface area contributed by atoms with Crippen molar-refractivity contribution in [1.29, 1.82) is 0 Å². The Balaban J connectivity index is 1.53. The van der Waals surface area contributed by atoms with Crippen LogP contribution in [0.2, 0.25) is 0 Å². The van der Waals surface area contributed by atoms with Gasteiger partial charge in [-0.3, -0.25) is 9.80 Å². The Hall–Kier alpha value is -2.82. The first-order valence-corrected chi connectivity index (χ1v) is 9.30. The van der Waals surface area contributed by atoms with Crippen LogP contribution in [0.15, 0.2) is 47.6 Å². The van der Waals surface area contributed by atoms with Crippen LogP contribution in [0.5, 0.6) is 5.75 Å². The van der Waals surface area contributed by atoms with Gasteiger partial charge in [-0.25, -0.2) is 0 Å². The number of hydrogen-bond donors (Lipinski definition) is 0. The van der Waals surface area contributed by atoms with Gasteiger partial charge in [0.2, 0.25) is 0 Å². The number of anilines is 1. The number of carbonyl (C=O) groups is 1. The molecule has 0 radical (unpaired) electrons. The van der Waals surface area contributed by atoms with Crippen molar-refractivity contribution in [2.75, 3.05) is 31.8 Å². The van der Waals surface area contributed by atoms with E-state index in [1.54, 1.807) is 11.9 Å². The predicted octanol–water partition coefficient (Wildman–Crippen LogP) is 4.04. The fraction of sp³-hybridized carbons (Fsp3) is 0.364. The van der Waals surface area contributed by atoms with Gasteiger partial charge in [0.05, 0.1) is 12.2 Å². The molecule has 1 heterocycles. The first-order valence-electron chi connectivity index (χ1n) is 9.30. The van der Waals surface area contributed by atoms with Crippen molar-refractivity contribution in [2.24, 2.45) is 5.10 Å². The number of amides is 1. The van der Waals surface area contributed by atoms with Crippen LogP contribution in [0, 0.1) is 13.8 Å². The molecule has 5 nitrogen and oxygen atoms in total. The molecule has 0 aliphatic carbocycles. The number of carbonyl (C=O) groups excluding carboxylic acids is 1. The van der Waals surface area contributed by atoms with E-state index in [9.17, 15) is 4.79 Å². The number of rotatable bonds is 6. The van der Waals surface area contributed by atoms with Crippen LogP contribution in [0.4, 0.5) is 5.69 Å². The lowest BCUT2D eigenvalue weighted by Crippen LogP contribution is -2.30. The average molecular weight is 365 g/mol. The lowest BCUT2D eigenvalue weighted by Gasteiger charge is -2.19. The van der Waals surface area contributed by atoms with Crippen molar-refractivity contribution in [1.82, 2.24) is 4.90 Å². The van der Waals surface area contributed by atoms with Crippen LogP contribution >= 0.6 is 0 Å². The second-order valence-corrected chi connectivity index (χ2v) is 7.15. The third kappa shape index (κ3) is 4.88. The second-order valence-electron chi connectivity index (χ2n) is 7.15. The third-order valence-corrected chi connectivity index (χ3v) is 4.63. The Morgan fingerprint density at radius 1 is 1.11 bits per heavy atom. The molecule has 2 aromatic rings. The van der Waals surface area contributed by atoms with Crippen LogP contribution in [0.25, 0.3) is 0 Å². The van der Waals surface area contributed by atoms with E-state index < -0.39 is 0 Å². The van der Waals surface area contributed by atoms with Gasteiger partial charge in [0.1, 0.15) is 12.4 Å². The van der Waals surface area contributed by atoms with Crippen LogP contribution in [-0.2, 0) is 0 Å². The van der Waals surface area contributed by atoms with Gasteiger partial charge in [-0.2, -0.15) is 5.10 Å². The summed E-state index contributed by atoms with van der Waals surface area (Å²) in [6, 6.07) is 13.8. The molecule has 1 aliphatic rings. The highest BCUT2D eigenvalue weighted by molar-refractivity contribution is 5.94. The first kappa shape index (κ1) is 19.0. The zero-order chi connectivity index (χ0) is 19.4. The van der Waals surface area contributed by atoms with Gasteiger partial charge in [0, 0.05) is 31.3 Å². The number of hydrazone groups is 1. The highest BCUT2D eigenvalue weighted by Crippen LogP contribution is 2.20. The minimum Gasteiger partial charge on any atom is -0.492 e. The minimum absolute atomic E-state index is 0.00771. The smallest absolute Gasteiger partial charge is 0.253 e. The largest absolute Gasteiger partial charge is 0.492 e. The van der Waals surface area contributed by atoms with Gasteiger partial charge >= 0.3 is 0 Å². The maximum atomic E-state index is 12.6. The zero-order valence-electron chi connectivity index (χ0n) is 16.5. The molecule has 5 heteroatoms. The highest BCUT2D eigenvalue weighted by Gasteiger charge is 2.15. The Bertz CT molecular complexity index is 823. The van der Waals surface area contributed by atoms with E-state index in [4.69, 9.17) is 4.74 Å². The molecule has 0 saturated carbocycles. The maximum Gasteiger partial charge on any atom is 0.253 e. The van der Waals surface area contributed by atoms with Gasteiger partial charge < -0.3 is 9.64 Å². The molecule has 27 heavy (non-hydrogen) atoms. The van der Waals surface area contributed by atoms with Crippen molar-refractivity contribution in [3.8, 4) is 5.75 Å². The summed E-state index contributed by atoms with van der Waals surface area (Å²) in [7, 11) is 1.80. The summed E-state index contributed by atoms with van der Waals surface area (Å²) >= 11 is 0. The van der Waals surface area contributed by atoms with Gasteiger partial charge in [0.25, 0.3) is 5.91 Å². The van der Waals surface area contributed by atoms with E-state index >= 15 is 0 Å². The van der Waals surface area contributed by atoms with Crippen molar-refractivity contribution in [2.45, 2.75) is 27.2 Å². The van der Waals surface area contributed by atoms with E-state index in [1.807, 2.05) is 62.2 Å². The normalized spacial score (nSPS) is 13.5. The molecule has 1 amide bonds. The SMILES string of the molecule is CC1=NN(c2ccc(C(=O)N(C)CCOc3cc(C)cc(C)c3)cc2)CC1. The topological polar surface area (TPSA) is 45.1 Å². The van der Waals surface area contributed by atoms with E-state index in [1.165, 1.54) is 11.1 Å². The maximum absolute atomic E-state index is 12.6. The van der Waals surface area contributed by atoms with E-state index in [0.29, 0.717) is 18.7 Å². The van der Waals surface area contributed by atoms with Crippen LogP contribution < -0.4 is 9.75 Å². The Morgan fingerprint density at radius 2 is 1.78 bits per heavy atom. The molecule has 142 valence electrons. The van der Waals surface area contributed by atoms with Gasteiger partial charge in [-0.15, -0.1) is 0 Å². The molecule has 0 saturated heterocycles. The molecular weight excluding hydrogens is 338 g/mol. The summed E-state index contributed by atoms with van der Waals surface area (Å²) in [5, 5.41) is 6.47. The Morgan fingerprint density at radius 3 is 2.37 bits per heavy atom. The molecule has 1 aliphatic heterocycles. The number of ether oxygens (including phenoxy) is 1. The van der Waals surface area contributed by atoms with Gasteiger partial charge in [0.15, 0.2) is 0 Å². The molecule has 0 spiro atoms. The summed E-state index contributed by atoms with van der Waals surface area (Å²) in [5.41, 5.74) is 5.18. The monoisotopic (exact) mass is 365 g/mol. The number of benzene rings is 2. The Labute approximate surface area is 161 Å². The lowest BCUT2D eigenvalue weighted by atomic mass is 10.1. The van der Waals surface area contributed by atoms with Gasteiger partial charge in [-0.1, -0.05) is 6.07 Å². The summed E-state index contributed by atoms with van der Waals surface area (Å²) in [4.78, 5) is 14.3. The molecule has 3 rings (SSSR count). The van der Waals surface area contributed by atoms with Crippen molar-refractivity contribution in [3.63, 3.8) is 0 Å². The molecule has 0 fully saturated rings. The number of hydrogen-bond acceptors (Lipinski definition) is 4. The molecule has 0 atom stereocenters. The first-order chi connectivity index (χ1) is 12.9. The molecule has 0 unspecified atom stereocenters. The second kappa shape index (κ2) is 8.25. The van der Waals surface area contributed by atoms with E-state index in [2.05, 4.69) is 11.2 Å². The molecule has 0 bridgehead atoms. The quantitative estimate of drug-likeness (QED) is 0.776. The summed E-state index contributed by atoms with van der Waals surface area (Å²) in [6.07, 6.45) is 0.990. The number of aryl methyl sites for hydroxylation is 2. The third-order valence-electron chi connectivity index (χ3n) is 4.63. The van der Waals surface area contributed by atoms with E-state index in [-0.39, 0.29) is 5.91 Å². The van der Waals surface area contributed by atoms with Crippen molar-refractivity contribution < 1.29 is 9.53 Å². The molecule has 0 aromatic heterocycles. The van der Waals surface area contributed by atoms with Crippen LogP contribution in [0.3, 0.4) is 0 Å². The fourth-order valence-electron chi connectivity index (χ4n) is 3.18. The summed E-state index contributed by atoms with van der Waals surface area (Å²) in [5.74, 6) is 0.839. The standard InChI is InChI=1S/C22H27N3O2/c1-16-13-17(2)15-21(14-16)27-12-11-24(4)22(26)19-5-7-20(8-6-19)25-10-9-18(3)23-25/h5-8,13-15H,9-12H2,1-4H3. The van der Waals surface area contributed by atoms with Crippen LogP contribution in [0.1, 0.15) is 34.8 Å². The van der Waals surface area contributed by atoms with Crippen molar-refractivity contribution >= 4 is 17.3 Å². The van der Waals surface area contributed by atoms with E-state index in [0.717, 1.165) is 30.1 Å². The lowest BCUT2D eigenvalue weighted by molar-refractivity contribution is 0.0773. The fourth-order valence-corrected chi connectivity index (χ4v) is 3.18. The number of nitrogens with zero attached hydrogens (tertiary/aromatic N) is 3. The van der Waals surface area contributed by atoms with Gasteiger partial charge in [-0.05, 0) is 68.3 Å². The molecule has 0 N–H and O–H groups in total. The highest BCUT2D eigenvalue weighted by atomic mass is 16.5. The van der Waals surface area contributed by atoms with Crippen molar-refractivity contribution in [3.05, 3.63) is 59.2 Å². The summed E-state index contributed by atoms with van der Waals surface area (Å²) < 4.78 is 5.81. The summed E-state index contributed by atoms with van der Waals surface area (Å²) in [6.45, 7) is 8.03. The van der Waals surface area contributed by atoms with Crippen LogP contribution in [-0.4, -0.2) is 43.3 Å². The predicted molar refractivity (Wildman–Crippen MR) is 110 cm³/mol. The number of likely N-dealkylation sites (N-methyl/N-ethyl adjacent to an activating group) is 1. The minimum atomic E-state index is -0.00771. The molecule has 2 aromatic carbocycles. The Kier molecular flexibility index (Phi) is 5.79. The molecular formula is C22H27N3O2. The zero-order valence-corrected chi connectivity index (χ0v) is 16.5. The average Bonchev–Trinajstić information content (AvgIpc) is 3.07.